The van der Waals surface area contributed by atoms with Crippen molar-refractivity contribution in [2.45, 2.75) is 27.7 Å². The summed E-state index contributed by atoms with van der Waals surface area (Å²) >= 11 is 0. The Bertz CT molecular complexity index is 1370. The first kappa shape index (κ1) is 26.0. The molecule has 0 saturated carbocycles. The number of hydrogen-bond donors (Lipinski definition) is 2. The fourth-order valence-corrected chi connectivity index (χ4v) is 3.55. The van der Waals surface area contributed by atoms with E-state index < -0.39 is 5.91 Å². The number of hydrogen-bond acceptors (Lipinski definition) is 5. The second-order valence-corrected chi connectivity index (χ2v) is 8.51. The molecule has 3 aromatic rings. The van der Waals surface area contributed by atoms with Gasteiger partial charge in [0.1, 0.15) is 11.6 Å². The molecular formula is C29H29N3O4. The Kier molecular flexibility index (Phi) is 8.48. The number of nitriles is 1. The van der Waals surface area contributed by atoms with Gasteiger partial charge in [0.15, 0.2) is 18.1 Å². The third-order valence-electron chi connectivity index (χ3n) is 5.52. The zero-order valence-electron chi connectivity index (χ0n) is 21.1. The van der Waals surface area contributed by atoms with Crippen LogP contribution in [0.2, 0.25) is 0 Å². The van der Waals surface area contributed by atoms with Gasteiger partial charge < -0.3 is 20.1 Å². The Morgan fingerprint density at radius 3 is 2.28 bits per heavy atom. The van der Waals surface area contributed by atoms with Gasteiger partial charge in [-0.05, 0) is 80.3 Å². The number of benzene rings is 3. The van der Waals surface area contributed by atoms with Crippen LogP contribution in [0.1, 0.15) is 27.8 Å². The summed E-state index contributed by atoms with van der Waals surface area (Å²) in [5, 5.41) is 15.2. The van der Waals surface area contributed by atoms with E-state index in [1.165, 1.54) is 13.2 Å². The lowest BCUT2D eigenvalue weighted by atomic mass is 10.1. The molecule has 2 amide bonds. The van der Waals surface area contributed by atoms with Crippen molar-refractivity contribution in [3.63, 3.8) is 0 Å². The molecule has 7 nitrogen and oxygen atoms in total. The smallest absolute Gasteiger partial charge is 0.266 e. The van der Waals surface area contributed by atoms with E-state index in [-0.39, 0.29) is 18.1 Å². The first-order chi connectivity index (χ1) is 17.2. The van der Waals surface area contributed by atoms with Crippen molar-refractivity contribution in [3.05, 3.63) is 88.0 Å². The summed E-state index contributed by atoms with van der Waals surface area (Å²) in [4.78, 5) is 25.1. The number of rotatable bonds is 8. The van der Waals surface area contributed by atoms with Crippen LogP contribution in [0.15, 0.2) is 60.2 Å². The molecule has 0 spiro atoms. The van der Waals surface area contributed by atoms with Gasteiger partial charge in [0.2, 0.25) is 0 Å². The van der Waals surface area contributed by atoms with Crippen molar-refractivity contribution in [1.82, 2.24) is 0 Å². The molecule has 3 aromatic carbocycles. The quantitative estimate of drug-likeness (QED) is 0.326. The highest BCUT2D eigenvalue weighted by molar-refractivity contribution is 6.10. The van der Waals surface area contributed by atoms with E-state index in [0.717, 1.165) is 27.9 Å². The van der Waals surface area contributed by atoms with Crippen LogP contribution in [-0.4, -0.2) is 25.5 Å². The third-order valence-corrected chi connectivity index (χ3v) is 5.52. The molecule has 0 saturated heterocycles. The lowest BCUT2D eigenvalue weighted by molar-refractivity contribution is -0.118. The van der Waals surface area contributed by atoms with Crippen LogP contribution in [0.4, 0.5) is 11.4 Å². The van der Waals surface area contributed by atoms with E-state index in [2.05, 4.69) is 10.6 Å². The Morgan fingerprint density at radius 2 is 1.58 bits per heavy atom. The monoisotopic (exact) mass is 483 g/mol. The summed E-state index contributed by atoms with van der Waals surface area (Å²) in [5.74, 6) is -0.0733. The van der Waals surface area contributed by atoms with Gasteiger partial charge in [-0.25, -0.2) is 0 Å². The van der Waals surface area contributed by atoms with Gasteiger partial charge in [-0.1, -0.05) is 35.9 Å². The van der Waals surface area contributed by atoms with Crippen LogP contribution < -0.4 is 20.1 Å². The van der Waals surface area contributed by atoms with Crippen molar-refractivity contribution in [1.29, 1.82) is 5.26 Å². The van der Waals surface area contributed by atoms with E-state index in [1.807, 2.05) is 70.2 Å². The summed E-state index contributed by atoms with van der Waals surface area (Å²) in [6.45, 7) is 7.53. The first-order valence-corrected chi connectivity index (χ1v) is 11.4. The van der Waals surface area contributed by atoms with Crippen molar-refractivity contribution in [2.24, 2.45) is 0 Å². The molecule has 0 bridgehead atoms. The van der Waals surface area contributed by atoms with Gasteiger partial charge in [0.25, 0.3) is 11.8 Å². The Balaban J connectivity index is 1.70. The maximum Gasteiger partial charge on any atom is 0.266 e. The lowest BCUT2D eigenvalue weighted by Crippen LogP contribution is -2.20. The number of carbonyl (C=O) groups excluding carboxylic acids is 2. The van der Waals surface area contributed by atoms with Gasteiger partial charge in [-0.3, -0.25) is 9.59 Å². The second-order valence-electron chi connectivity index (χ2n) is 8.51. The maximum atomic E-state index is 12.7. The molecule has 0 aliphatic carbocycles. The molecule has 7 heteroatoms. The van der Waals surface area contributed by atoms with Crippen LogP contribution in [-0.2, 0) is 9.59 Å². The van der Waals surface area contributed by atoms with Gasteiger partial charge >= 0.3 is 0 Å². The molecule has 0 heterocycles. The molecule has 2 N–H and O–H groups in total. The summed E-state index contributed by atoms with van der Waals surface area (Å²) in [6, 6.07) is 18.4. The predicted molar refractivity (Wildman–Crippen MR) is 141 cm³/mol. The highest BCUT2D eigenvalue weighted by Crippen LogP contribution is 2.29. The molecule has 36 heavy (non-hydrogen) atoms. The van der Waals surface area contributed by atoms with Crippen molar-refractivity contribution < 1.29 is 19.1 Å². The highest BCUT2D eigenvalue weighted by Gasteiger charge is 2.13. The predicted octanol–water partition coefficient (Wildman–Crippen LogP) is 5.49. The molecule has 3 rings (SSSR count). The number of anilines is 2. The third kappa shape index (κ3) is 6.73. The van der Waals surface area contributed by atoms with Crippen molar-refractivity contribution in [2.75, 3.05) is 24.4 Å². The zero-order chi connectivity index (χ0) is 26.2. The van der Waals surface area contributed by atoms with E-state index in [1.54, 1.807) is 18.2 Å². The van der Waals surface area contributed by atoms with E-state index in [4.69, 9.17) is 9.47 Å². The molecular weight excluding hydrogens is 454 g/mol. The largest absolute Gasteiger partial charge is 0.493 e. The Hall–Kier alpha value is -4.57. The first-order valence-electron chi connectivity index (χ1n) is 11.4. The molecule has 0 fully saturated rings. The molecule has 184 valence electrons. The zero-order valence-corrected chi connectivity index (χ0v) is 21.1. The van der Waals surface area contributed by atoms with E-state index in [0.29, 0.717) is 22.7 Å². The minimum absolute atomic E-state index is 0.0569. The molecule has 0 aromatic heterocycles. The Labute approximate surface area is 211 Å². The summed E-state index contributed by atoms with van der Waals surface area (Å²) in [5.41, 5.74) is 5.89. The molecule has 0 atom stereocenters. The van der Waals surface area contributed by atoms with Crippen molar-refractivity contribution >= 4 is 29.3 Å². The van der Waals surface area contributed by atoms with Crippen LogP contribution in [0.3, 0.4) is 0 Å². The van der Waals surface area contributed by atoms with E-state index in [9.17, 15) is 14.9 Å². The number of nitrogens with one attached hydrogen (secondary N) is 2. The average molecular weight is 484 g/mol. The number of amides is 2. The number of methoxy groups -OCH3 is 1. The molecule has 0 aliphatic heterocycles. The van der Waals surface area contributed by atoms with E-state index >= 15 is 0 Å². The standard InChI is InChI=1S/C29H29N3O4/c1-18-7-10-24(21(4)12-18)32-29(34)23(16-30)14-22-9-11-26(27(15-22)35-5)36-17-28(33)31-25-13-19(2)6-8-20(25)3/h6-15H,17H2,1-5H3,(H,31,33)(H,32,34)/b23-14+. The topological polar surface area (TPSA) is 100 Å². The van der Waals surface area contributed by atoms with Crippen LogP contribution in [0.25, 0.3) is 6.08 Å². The summed E-state index contributed by atoms with van der Waals surface area (Å²) < 4.78 is 11.1. The summed E-state index contributed by atoms with van der Waals surface area (Å²) in [6.07, 6.45) is 1.47. The average Bonchev–Trinajstić information content (AvgIpc) is 2.85. The normalized spacial score (nSPS) is 10.8. The fourth-order valence-electron chi connectivity index (χ4n) is 3.55. The van der Waals surface area contributed by atoms with Gasteiger partial charge in [-0.15, -0.1) is 0 Å². The van der Waals surface area contributed by atoms with Crippen LogP contribution in [0, 0.1) is 39.0 Å². The maximum absolute atomic E-state index is 12.7. The number of ether oxygens (including phenoxy) is 2. The number of aryl methyl sites for hydroxylation is 4. The second kappa shape index (κ2) is 11.7. The number of nitrogens with zero attached hydrogens (tertiary/aromatic N) is 1. The van der Waals surface area contributed by atoms with Crippen LogP contribution >= 0.6 is 0 Å². The molecule has 0 radical (unpaired) electrons. The fraction of sp³-hybridized carbons (Fsp3) is 0.207. The Morgan fingerprint density at radius 1 is 0.861 bits per heavy atom. The van der Waals surface area contributed by atoms with Gasteiger partial charge in [0, 0.05) is 11.4 Å². The lowest BCUT2D eigenvalue weighted by Gasteiger charge is -2.13. The minimum atomic E-state index is -0.508. The van der Waals surface area contributed by atoms with Gasteiger partial charge in [-0.2, -0.15) is 5.26 Å². The summed E-state index contributed by atoms with van der Waals surface area (Å²) in [7, 11) is 1.48. The number of carbonyl (C=O) groups is 2. The van der Waals surface area contributed by atoms with Gasteiger partial charge in [0.05, 0.1) is 7.11 Å². The molecule has 0 aliphatic rings. The SMILES string of the molecule is COc1cc(/C=C(\C#N)C(=O)Nc2ccc(C)cc2C)ccc1OCC(=O)Nc1cc(C)ccc1C. The van der Waals surface area contributed by atoms with Crippen LogP contribution in [0.5, 0.6) is 11.5 Å². The minimum Gasteiger partial charge on any atom is -0.493 e. The highest BCUT2D eigenvalue weighted by atomic mass is 16.5. The molecule has 0 unspecified atom stereocenters. The van der Waals surface area contributed by atoms with Crippen molar-refractivity contribution in [3.8, 4) is 17.6 Å².